The number of thiocarbonyl (C=S) groups is 1. The Morgan fingerprint density at radius 1 is 1.32 bits per heavy atom. The molecule has 1 aliphatic carbocycles. The highest BCUT2D eigenvalue weighted by Gasteiger charge is 2.36. The molecule has 2 aromatic rings. The molecule has 3 rings (SSSR count). The van der Waals surface area contributed by atoms with Crippen LogP contribution in [0.25, 0.3) is 0 Å². The molecule has 0 saturated carbocycles. The largest absolute Gasteiger partial charge is 0.455 e. The van der Waals surface area contributed by atoms with Gasteiger partial charge < -0.3 is 15.5 Å². The summed E-state index contributed by atoms with van der Waals surface area (Å²) in [5, 5.41) is 7.89. The van der Waals surface area contributed by atoms with E-state index in [9.17, 15) is 4.79 Å². The number of furan rings is 1. The number of rotatable bonds is 3. The van der Waals surface area contributed by atoms with Gasteiger partial charge in [-0.05, 0) is 55.6 Å². The second-order valence-electron chi connectivity index (χ2n) is 7.82. The molecule has 6 nitrogen and oxygen atoms in total. The number of aryl methyl sites for hydroxylation is 1. The Kier molecular flexibility index (Phi) is 5.50. The van der Waals surface area contributed by atoms with Gasteiger partial charge in [-0.3, -0.25) is 10.2 Å². The molecule has 8 heteroatoms. The number of benzene rings is 1. The number of nitrogens with two attached hydrogens (primary N) is 1. The zero-order valence-electron chi connectivity index (χ0n) is 16.3. The third-order valence-electron chi connectivity index (χ3n) is 4.75. The number of carbonyl (C=O) groups is 1. The van der Waals surface area contributed by atoms with E-state index in [1.807, 2.05) is 19.9 Å². The van der Waals surface area contributed by atoms with E-state index >= 15 is 0 Å². The van der Waals surface area contributed by atoms with Gasteiger partial charge in [-0.2, -0.15) is 5.10 Å². The van der Waals surface area contributed by atoms with Crippen LogP contribution in [0.1, 0.15) is 53.3 Å². The normalized spacial score (nSPS) is 16.5. The summed E-state index contributed by atoms with van der Waals surface area (Å²) in [6, 6.07) is 5.35. The number of halogens is 1. The number of anilines is 1. The molecule has 1 aromatic carbocycles. The lowest BCUT2D eigenvalue weighted by Gasteiger charge is -2.29. The fraction of sp³-hybridized carbons (Fsp3) is 0.350. The first-order valence-corrected chi connectivity index (χ1v) is 9.68. The maximum atomic E-state index is 12.9. The van der Waals surface area contributed by atoms with Crippen molar-refractivity contribution in [2.24, 2.45) is 16.3 Å². The van der Waals surface area contributed by atoms with Crippen LogP contribution < -0.4 is 16.5 Å². The van der Waals surface area contributed by atoms with Crippen molar-refractivity contribution < 1.29 is 9.21 Å². The number of hydrogen-bond acceptors (Lipinski definition) is 4. The Labute approximate surface area is 174 Å². The fourth-order valence-electron chi connectivity index (χ4n) is 3.46. The van der Waals surface area contributed by atoms with Crippen molar-refractivity contribution in [1.82, 2.24) is 5.43 Å². The van der Waals surface area contributed by atoms with Gasteiger partial charge in [0.05, 0.1) is 5.71 Å². The van der Waals surface area contributed by atoms with E-state index in [0.29, 0.717) is 23.6 Å². The van der Waals surface area contributed by atoms with Gasteiger partial charge in [0.15, 0.2) is 10.9 Å². The number of hydrazone groups is 1. The molecule has 0 saturated heterocycles. The van der Waals surface area contributed by atoms with Crippen molar-refractivity contribution in [2.45, 2.75) is 40.5 Å². The highest BCUT2D eigenvalue weighted by atomic mass is 35.5. The van der Waals surface area contributed by atoms with Gasteiger partial charge in [0.1, 0.15) is 5.76 Å². The van der Waals surface area contributed by atoms with E-state index in [-0.39, 0.29) is 22.2 Å². The standard InChI is InChI=1S/C20H23ClN4O2S/c1-10-5-6-12(21)7-13(10)23-18(26)17-11(2)16-14(24-25-19(22)28)8-20(3,4)9-15(16)27-17/h5-7H,8-9H2,1-4H3,(H,23,26)(H3,22,25,28)/b24-14-. The smallest absolute Gasteiger partial charge is 0.291 e. The zero-order chi connectivity index (χ0) is 20.6. The van der Waals surface area contributed by atoms with E-state index in [4.69, 9.17) is 34.0 Å². The number of hydrogen-bond donors (Lipinski definition) is 3. The number of nitrogens with one attached hydrogen (secondary N) is 2. The molecule has 0 unspecified atom stereocenters. The number of fused-ring (bicyclic) bond motifs is 1. The topological polar surface area (TPSA) is 92.6 Å². The summed E-state index contributed by atoms with van der Waals surface area (Å²) in [5.74, 6) is 0.687. The predicted molar refractivity (Wildman–Crippen MR) is 116 cm³/mol. The lowest BCUT2D eigenvalue weighted by Crippen LogP contribution is -2.31. The van der Waals surface area contributed by atoms with E-state index < -0.39 is 0 Å². The molecular formula is C20H23ClN4O2S. The molecule has 1 aliphatic rings. The molecule has 28 heavy (non-hydrogen) atoms. The molecule has 0 spiro atoms. The molecule has 1 heterocycles. The Bertz CT molecular complexity index is 994. The van der Waals surface area contributed by atoms with Gasteiger partial charge in [-0.15, -0.1) is 0 Å². The van der Waals surface area contributed by atoms with Crippen LogP contribution in [0.5, 0.6) is 0 Å². The van der Waals surface area contributed by atoms with Crippen molar-refractivity contribution in [2.75, 3.05) is 5.32 Å². The van der Waals surface area contributed by atoms with Crippen LogP contribution in [0.2, 0.25) is 5.02 Å². The third-order valence-corrected chi connectivity index (χ3v) is 5.07. The van der Waals surface area contributed by atoms with Gasteiger partial charge in [0, 0.05) is 28.3 Å². The number of carbonyl (C=O) groups excluding carboxylic acids is 1. The maximum absolute atomic E-state index is 12.9. The lowest BCUT2D eigenvalue weighted by atomic mass is 9.75. The highest BCUT2D eigenvalue weighted by molar-refractivity contribution is 7.80. The first kappa shape index (κ1) is 20.4. The summed E-state index contributed by atoms with van der Waals surface area (Å²) in [6.07, 6.45) is 1.42. The van der Waals surface area contributed by atoms with Crippen LogP contribution in [-0.4, -0.2) is 16.7 Å². The molecule has 0 atom stereocenters. The van der Waals surface area contributed by atoms with E-state index in [1.54, 1.807) is 12.1 Å². The highest BCUT2D eigenvalue weighted by Crippen LogP contribution is 2.39. The second kappa shape index (κ2) is 7.56. The molecule has 148 valence electrons. The monoisotopic (exact) mass is 418 g/mol. The average Bonchev–Trinajstić information content (AvgIpc) is 2.91. The Morgan fingerprint density at radius 2 is 2.04 bits per heavy atom. The molecule has 0 bridgehead atoms. The van der Waals surface area contributed by atoms with Crippen molar-refractivity contribution in [3.8, 4) is 0 Å². The first-order chi connectivity index (χ1) is 13.1. The van der Waals surface area contributed by atoms with E-state index in [0.717, 1.165) is 28.2 Å². The minimum absolute atomic E-state index is 0.0642. The second-order valence-corrected chi connectivity index (χ2v) is 8.70. The SMILES string of the molecule is Cc1ccc(Cl)cc1NC(=O)c1oc2c(c1C)/C(=N\NC(N)=S)CC(C)(C)C2. The fourth-order valence-corrected chi connectivity index (χ4v) is 3.67. The van der Waals surface area contributed by atoms with E-state index in [1.165, 1.54) is 0 Å². The molecule has 4 N–H and O–H groups in total. The first-order valence-electron chi connectivity index (χ1n) is 8.89. The van der Waals surface area contributed by atoms with Gasteiger partial charge in [-0.1, -0.05) is 31.5 Å². The van der Waals surface area contributed by atoms with Crippen molar-refractivity contribution in [1.29, 1.82) is 0 Å². The lowest BCUT2D eigenvalue weighted by molar-refractivity contribution is 0.0992. The van der Waals surface area contributed by atoms with Crippen LogP contribution in [0, 0.1) is 19.3 Å². The van der Waals surface area contributed by atoms with Gasteiger partial charge >= 0.3 is 0 Å². The summed E-state index contributed by atoms with van der Waals surface area (Å²) >= 11 is 10.9. The van der Waals surface area contributed by atoms with Crippen LogP contribution in [0.4, 0.5) is 5.69 Å². The molecule has 1 amide bonds. The van der Waals surface area contributed by atoms with Crippen LogP contribution >= 0.6 is 23.8 Å². The maximum Gasteiger partial charge on any atom is 0.291 e. The molecule has 1 aromatic heterocycles. The molecule has 0 aliphatic heterocycles. The minimum atomic E-state index is -0.322. The van der Waals surface area contributed by atoms with Crippen molar-refractivity contribution in [3.63, 3.8) is 0 Å². The molecule has 0 fully saturated rings. The summed E-state index contributed by atoms with van der Waals surface area (Å²) in [7, 11) is 0. The van der Waals surface area contributed by atoms with Crippen molar-refractivity contribution >= 4 is 46.2 Å². The summed E-state index contributed by atoms with van der Waals surface area (Å²) in [6.45, 7) is 8.01. The summed E-state index contributed by atoms with van der Waals surface area (Å²) in [4.78, 5) is 12.9. The van der Waals surface area contributed by atoms with Gasteiger partial charge in [0.25, 0.3) is 5.91 Å². The summed E-state index contributed by atoms with van der Waals surface area (Å²) < 4.78 is 6.00. The molecular weight excluding hydrogens is 396 g/mol. The Hall–Kier alpha value is -2.38. The zero-order valence-corrected chi connectivity index (χ0v) is 17.8. The summed E-state index contributed by atoms with van der Waals surface area (Å²) in [5.41, 5.74) is 12.0. The van der Waals surface area contributed by atoms with Crippen LogP contribution in [-0.2, 0) is 6.42 Å². The van der Waals surface area contributed by atoms with E-state index in [2.05, 4.69) is 29.7 Å². The minimum Gasteiger partial charge on any atom is -0.455 e. The Morgan fingerprint density at radius 3 is 2.71 bits per heavy atom. The third kappa shape index (κ3) is 4.20. The molecule has 0 radical (unpaired) electrons. The average molecular weight is 419 g/mol. The number of nitrogens with zero attached hydrogens (tertiary/aromatic N) is 1. The van der Waals surface area contributed by atoms with Crippen LogP contribution in [0.3, 0.4) is 0 Å². The predicted octanol–water partition coefficient (Wildman–Crippen LogP) is 4.31. The van der Waals surface area contributed by atoms with Crippen LogP contribution in [0.15, 0.2) is 27.7 Å². The quantitative estimate of drug-likeness (QED) is 0.510. The number of amides is 1. The Balaban J connectivity index is 1.99. The van der Waals surface area contributed by atoms with Gasteiger partial charge in [0.2, 0.25) is 0 Å². The van der Waals surface area contributed by atoms with Gasteiger partial charge in [-0.25, -0.2) is 0 Å². The van der Waals surface area contributed by atoms with Crippen molar-refractivity contribution in [3.05, 3.63) is 51.4 Å².